The van der Waals surface area contributed by atoms with Gasteiger partial charge in [-0.05, 0) is 57.5 Å². The molecule has 8 rings (SSSR count). The number of alkyl halides is 6. The van der Waals surface area contributed by atoms with Gasteiger partial charge in [0.05, 0.1) is 27.9 Å². The van der Waals surface area contributed by atoms with E-state index in [-0.39, 0.29) is 32.4 Å². The Balaban J connectivity index is 0.00000364. The number of fused-ring (bicyclic) bond motifs is 6. The first-order valence-corrected chi connectivity index (χ1v) is 15.9. The average Bonchev–Trinajstić information content (AvgIpc) is 3.82. The van der Waals surface area contributed by atoms with Crippen molar-refractivity contribution in [2.45, 2.75) is 31.6 Å². The first-order valence-electron chi connectivity index (χ1n) is 14.3. The third kappa shape index (κ3) is 5.07. The summed E-state index contributed by atoms with van der Waals surface area (Å²) in [6.07, 6.45) is -8.20. The van der Waals surface area contributed by atoms with Gasteiger partial charge < -0.3 is 0 Å². The van der Waals surface area contributed by atoms with Crippen molar-refractivity contribution in [2.24, 2.45) is 0 Å². The summed E-state index contributed by atoms with van der Waals surface area (Å²) in [6, 6.07) is 28.0. The summed E-state index contributed by atoms with van der Waals surface area (Å²) < 4.78 is 93.3. The molecular weight excluding hydrogens is 850 g/mol. The van der Waals surface area contributed by atoms with Crippen LogP contribution in [0.3, 0.4) is 0 Å². The molecule has 244 valence electrons. The normalized spacial score (nSPS) is 12.8. The molecule has 0 N–H and O–H groups in total. The Kier molecular flexibility index (Phi) is 7.65. The van der Waals surface area contributed by atoms with Gasteiger partial charge in [0, 0.05) is 21.8 Å². The minimum absolute atomic E-state index is 0. The van der Waals surface area contributed by atoms with E-state index in [0.717, 1.165) is 52.7 Å². The van der Waals surface area contributed by atoms with E-state index in [2.05, 4.69) is 22.3 Å². The molecule has 0 spiro atoms. The van der Waals surface area contributed by atoms with E-state index >= 15 is 0 Å². The van der Waals surface area contributed by atoms with Crippen molar-refractivity contribution in [1.82, 2.24) is 19.6 Å². The largest absolute Gasteiger partial charge is 2.00 e. The van der Waals surface area contributed by atoms with E-state index in [1.807, 2.05) is 60.7 Å². The van der Waals surface area contributed by atoms with Crippen LogP contribution >= 0.6 is 22.7 Å². The number of thiophene rings is 2. The smallest absolute Gasteiger partial charge is 0.263 e. The van der Waals surface area contributed by atoms with Crippen molar-refractivity contribution in [3.05, 3.63) is 120 Å². The molecule has 4 heterocycles. The maximum Gasteiger partial charge on any atom is 2.00 e. The second-order valence-corrected chi connectivity index (χ2v) is 13.7. The second-order valence-electron chi connectivity index (χ2n) is 11.6. The van der Waals surface area contributed by atoms with Gasteiger partial charge in [-0.2, -0.15) is 72.9 Å². The number of nitrogens with zero attached hydrogens (tertiary/aromatic N) is 4. The Labute approximate surface area is 291 Å². The van der Waals surface area contributed by atoms with Gasteiger partial charge in [-0.25, -0.2) is 22.7 Å². The van der Waals surface area contributed by atoms with Gasteiger partial charge in [0.1, 0.15) is 0 Å². The zero-order chi connectivity index (χ0) is 32.9. The fraction of sp³-hybridized carbons (Fsp3) is 0.143. The Morgan fingerprint density at radius 2 is 0.979 bits per heavy atom. The Morgan fingerprint density at radius 3 is 1.38 bits per heavy atom. The molecule has 4 aromatic heterocycles. The van der Waals surface area contributed by atoms with E-state index in [0.29, 0.717) is 9.40 Å². The third-order valence-electron chi connectivity index (χ3n) is 8.32. The van der Waals surface area contributed by atoms with E-state index in [4.69, 9.17) is 0 Å². The summed E-state index contributed by atoms with van der Waals surface area (Å²) in [6.45, 7) is 2.56. The van der Waals surface area contributed by atoms with Gasteiger partial charge in [-0.15, -0.1) is 10.8 Å². The molecule has 0 bridgehead atoms. The maximum absolute atomic E-state index is 14.7. The Morgan fingerprint density at radius 1 is 0.583 bits per heavy atom. The summed E-state index contributed by atoms with van der Waals surface area (Å²) in [4.78, 5) is 0. The molecule has 4 nitrogen and oxygen atoms in total. The summed E-state index contributed by atoms with van der Waals surface area (Å²) in [5, 5.41) is 12.2. The molecule has 0 atom stereocenters. The number of aromatic nitrogens is 4. The first kappa shape index (κ1) is 32.6. The third-order valence-corrected chi connectivity index (χ3v) is 10.7. The van der Waals surface area contributed by atoms with Crippen LogP contribution in [-0.4, -0.2) is 19.6 Å². The molecule has 0 aliphatic heterocycles. The van der Waals surface area contributed by atoms with E-state index in [1.165, 1.54) is 36.5 Å². The van der Waals surface area contributed by atoms with Crippen molar-refractivity contribution in [3.8, 4) is 11.4 Å². The van der Waals surface area contributed by atoms with Crippen LogP contribution in [0, 0.1) is 12.1 Å². The summed E-state index contributed by atoms with van der Waals surface area (Å²) >= 11 is 2.76. The number of benzene rings is 4. The predicted molar refractivity (Wildman–Crippen MR) is 173 cm³/mol. The minimum atomic E-state index is -4.92. The SMILES string of the molecule is CC(C)(c1nn(-c2[c-]ccc3c2sc2ccccc23)cc1C(F)(F)F)c1nn(-c2[c-]ccc3c2sc2ccccc23)cc1C(F)(F)F.[Pt+2]. The fourth-order valence-corrected chi connectivity index (χ4v) is 8.50. The standard InChI is InChI=1S/C35H20F6N4S2.Pt/c1-33(2,31-23(34(36,37)38)17-44(42-31)25-13-7-11-21-19-9-3-5-15-27(19)46-29(21)25)32-24(35(39,40)41)18-45(43-32)26-14-8-12-22-20-10-4-6-16-28(20)47-30(22)26;/h3-12,15-18H,1-2H3;/q-2;+2. The molecule has 48 heavy (non-hydrogen) atoms. The van der Waals surface area contributed by atoms with Gasteiger partial charge in [0.15, 0.2) is 0 Å². The molecule has 0 aliphatic carbocycles. The molecule has 0 saturated carbocycles. The summed E-state index contributed by atoms with van der Waals surface area (Å²) in [7, 11) is 0. The van der Waals surface area contributed by atoms with Gasteiger partial charge >= 0.3 is 33.4 Å². The molecule has 8 aromatic rings. The molecule has 0 saturated heterocycles. The summed E-state index contributed by atoms with van der Waals surface area (Å²) in [5.41, 5.74) is -4.89. The molecule has 0 aliphatic rings. The van der Waals surface area contributed by atoms with E-state index in [9.17, 15) is 26.3 Å². The van der Waals surface area contributed by atoms with E-state index in [1.54, 1.807) is 12.1 Å². The molecular formula is C35H20F6N4PtS2. The van der Waals surface area contributed by atoms with Crippen LogP contribution in [0.15, 0.2) is 85.2 Å². The van der Waals surface area contributed by atoms with Crippen molar-refractivity contribution in [1.29, 1.82) is 0 Å². The quantitative estimate of drug-likeness (QED) is 0.130. The predicted octanol–water partition coefficient (Wildman–Crippen LogP) is 10.8. The van der Waals surface area contributed by atoms with Crippen LogP contribution in [0.25, 0.3) is 51.7 Å². The Bertz CT molecular complexity index is 2330. The number of hydrogen-bond acceptors (Lipinski definition) is 4. The van der Waals surface area contributed by atoms with Crippen molar-refractivity contribution in [3.63, 3.8) is 0 Å². The molecule has 0 amide bonds. The maximum atomic E-state index is 14.7. The van der Waals surface area contributed by atoms with Crippen LogP contribution in [-0.2, 0) is 38.8 Å². The van der Waals surface area contributed by atoms with Crippen molar-refractivity contribution in [2.75, 3.05) is 0 Å². The van der Waals surface area contributed by atoms with Gasteiger partial charge in [-0.1, -0.05) is 36.4 Å². The van der Waals surface area contributed by atoms with Crippen LogP contribution in [0.1, 0.15) is 36.4 Å². The van der Waals surface area contributed by atoms with E-state index < -0.39 is 40.3 Å². The molecule has 4 aromatic carbocycles. The molecule has 13 heteroatoms. The topological polar surface area (TPSA) is 35.6 Å². The van der Waals surface area contributed by atoms with Crippen molar-refractivity contribution >= 4 is 63.0 Å². The average molecular weight is 870 g/mol. The van der Waals surface area contributed by atoms with Crippen LogP contribution in [0.4, 0.5) is 26.3 Å². The van der Waals surface area contributed by atoms with Crippen LogP contribution in [0.2, 0.25) is 0 Å². The molecule has 0 fully saturated rings. The number of rotatable bonds is 4. The Hall–Kier alpha value is -3.99. The molecule has 0 radical (unpaired) electrons. The second kappa shape index (κ2) is 11.3. The zero-order valence-electron chi connectivity index (χ0n) is 24.8. The van der Waals surface area contributed by atoms with Gasteiger partial charge in [0.2, 0.25) is 0 Å². The summed E-state index contributed by atoms with van der Waals surface area (Å²) in [5.74, 6) is 0. The molecule has 0 unspecified atom stereocenters. The number of halogens is 6. The zero-order valence-corrected chi connectivity index (χ0v) is 28.7. The first-order chi connectivity index (χ1) is 22.3. The van der Waals surface area contributed by atoms with Crippen LogP contribution < -0.4 is 0 Å². The number of hydrogen-bond donors (Lipinski definition) is 0. The van der Waals surface area contributed by atoms with Crippen molar-refractivity contribution < 1.29 is 47.4 Å². The van der Waals surface area contributed by atoms with Crippen LogP contribution in [0.5, 0.6) is 0 Å². The fourth-order valence-electron chi connectivity index (χ4n) is 6.12. The van der Waals surface area contributed by atoms with Gasteiger partial charge in [-0.3, -0.25) is 9.36 Å². The van der Waals surface area contributed by atoms with Gasteiger partial charge in [0.25, 0.3) is 0 Å². The minimum Gasteiger partial charge on any atom is -0.263 e. The monoisotopic (exact) mass is 869 g/mol.